The number of likely N-dealkylation sites (tertiary alicyclic amines) is 1. The first-order valence-corrected chi connectivity index (χ1v) is 8.30. The molecular weight excluding hydrogens is 290 g/mol. The van der Waals surface area contributed by atoms with Gasteiger partial charge in [-0.15, -0.1) is 0 Å². The number of nitrogens with zero attached hydrogens (tertiary/aromatic N) is 1. The van der Waals surface area contributed by atoms with Crippen LogP contribution in [0.4, 0.5) is 5.88 Å². The molecule has 3 rings (SSSR count). The lowest BCUT2D eigenvalue weighted by atomic mass is 10.0. The number of piperidine rings is 1. The smallest absolute Gasteiger partial charge is 0.281 e. The van der Waals surface area contributed by atoms with Crippen molar-refractivity contribution in [2.75, 3.05) is 18.4 Å². The first kappa shape index (κ1) is 15.7. The van der Waals surface area contributed by atoms with Crippen molar-refractivity contribution in [3.05, 3.63) is 35.9 Å². The molecule has 1 unspecified atom stereocenters. The molecule has 1 aliphatic rings. The van der Waals surface area contributed by atoms with Crippen LogP contribution in [0.5, 0.6) is 0 Å². The van der Waals surface area contributed by atoms with Crippen LogP contribution in [-0.2, 0) is 4.79 Å². The number of rotatable bonds is 4. The van der Waals surface area contributed by atoms with Crippen LogP contribution in [0.3, 0.4) is 0 Å². The van der Waals surface area contributed by atoms with Crippen molar-refractivity contribution in [2.24, 2.45) is 0 Å². The molecule has 1 saturated heterocycles. The molecule has 0 bridgehead atoms. The van der Waals surface area contributed by atoms with Gasteiger partial charge in [-0.25, -0.2) is 0 Å². The topological polar surface area (TPSA) is 59.6 Å². The van der Waals surface area contributed by atoms with Crippen molar-refractivity contribution in [1.82, 2.24) is 5.16 Å². The Hall–Kier alpha value is -2.14. The van der Waals surface area contributed by atoms with Crippen molar-refractivity contribution in [3.63, 3.8) is 0 Å². The molecule has 5 heteroatoms. The van der Waals surface area contributed by atoms with Crippen LogP contribution >= 0.6 is 0 Å². The molecule has 2 heterocycles. The summed E-state index contributed by atoms with van der Waals surface area (Å²) >= 11 is 0. The molecule has 0 saturated carbocycles. The zero-order valence-electron chi connectivity index (χ0n) is 13.8. The van der Waals surface area contributed by atoms with E-state index in [2.05, 4.69) is 17.4 Å². The van der Waals surface area contributed by atoms with E-state index in [0.29, 0.717) is 18.5 Å². The van der Waals surface area contributed by atoms with E-state index in [1.165, 1.54) is 29.7 Å². The molecule has 1 fully saturated rings. The highest BCUT2D eigenvalue weighted by Crippen LogP contribution is 2.21. The maximum absolute atomic E-state index is 12.2. The van der Waals surface area contributed by atoms with E-state index in [1.54, 1.807) is 6.07 Å². The minimum Gasteiger partial charge on any atom is -0.338 e. The fourth-order valence-corrected chi connectivity index (χ4v) is 3.10. The zero-order valence-corrected chi connectivity index (χ0v) is 13.8. The average molecular weight is 314 g/mol. The molecule has 122 valence electrons. The Balaban J connectivity index is 1.60. The van der Waals surface area contributed by atoms with Gasteiger partial charge in [-0.1, -0.05) is 35.0 Å². The van der Waals surface area contributed by atoms with Crippen LogP contribution in [0.1, 0.15) is 31.7 Å². The zero-order chi connectivity index (χ0) is 16.2. The van der Waals surface area contributed by atoms with Gasteiger partial charge in [-0.2, -0.15) is 0 Å². The Morgan fingerprint density at radius 2 is 2.13 bits per heavy atom. The second-order valence-electron chi connectivity index (χ2n) is 6.47. The molecule has 0 spiro atoms. The van der Waals surface area contributed by atoms with Crippen LogP contribution in [-0.4, -0.2) is 30.2 Å². The van der Waals surface area contributed by atoms with Crippen molar-refractivity contribution < 1.29 is 14.2 Å². The van der Waals surface area contributed by atoms with E-state index in [0.717, 1.165) is 17.8 Å². The number of anilines is 1. The molecule has 0 radical (unpaired) electrons. The lowest BCUT2D eigenvalue weighted by Gasteiger charge is -2.29. The van der Waals surface area contributed by atoms with Crippen molar-refractivity contribution in [2.45, 2.75) is 39.2 Å². The molecule has 1 aromatic carbocycles. The van der Waals surface area contributed by atoms with E-state index >= 15 is 0 Å². The number of aromatic nitrogens is 1. The summed E-state index contributed by atoms with van der Waals surface area (Å²) in [5, 5.41) is 6.86. The summed E-state index contributed by atoms with van der Waals surface area (Å²) in [5.41, 5.74) is 2.92. The van der Waals surface area contributed by atoms with E-state index in [4.69, 9.17) is 4.52 Å². The Kier molecular flexibility index (Phi) is 4.76. The number of benzene rings is 1. The van der Waals surface area contributed by atoms with Crippen molar-refractivity contribution in [1.29, 1.82) is 0 Å². The molecule has 2 atom stereocenters. The first-order valence-electron chi connectivity index (χ1n) is 8.30. The summed E-state index contributed by atoms with van der Waals surface area (Å²) in [5.74, 6) is 0.398. The standard InChI is InChI=1S/C18H23N3O2/c1-13-6-8-15(9-7-13)16-11-18(23-20-16)19-17(22)12-21-10-4-3-5-14(21)2/h6-9,11,14H,3-5,10,12H2,1-2H3,(H,19,22)/p+1/t14-/m0/s1. The third-order valence-corrected chi connectivity index (χ3v) is 4.59. The minimum absolute atomic E-state index is 0.0136. The fraction of sp³-hybridized carbons (Fsp3) is 0.444. The van der Waals surface area contributed by atoms with Gasteiger partial charge in [-0.05, 0) is 33.1 Å². The third kappa shape index (κ3) is 3.99. The van der Waals surface area contributed by atoms with Crippen molar-refractivity contribution in [3.8, 4) is 11.3 Å². The Morgan fingerprint density at radius 1 is 1.35 bits per heavy atom. The average Bonchev–Trinajstić information content (AvgIpc) is 2.98. The molecule has 1 amide bonds. The maximum Gasteiger partial charge on any atom is 0.281 e. The second kappa shape index (κ2) is 6.96. The highest BCUT2D eigenvalue weighted by Gasteiger charge is 2.24. The Labute approximate surface area is 136 Å². The highest BCUT2D eigenvalue weighted by molar-refractivity contribution is 5.90. The quantitative estimate of drug-likeness (QED) is 0.908. The second-order valence-corrected chi connectivity index (χ2v) is 6.47. The molecule has 2 N–H and O–H groups in total. The molecule has 2 aromatic rings. The van der Waals surface area contributed by atoms with E-state index in [-0.39, 0.29) is 5.91 Å². The number of quaternary nitrogens is 1. The number of hydrogen-bond acceptors (Lipinski definition) is 3. The minimum atomic E-state index is -0.0136. The third-order valence-electron chi connectivity index (χ3n) is 4.59. The van der Waals surface area contributed by atoms with Crippen LogP contribution in [0.15, 0.2) is 34.9 Å². The van der Waals surface area contributed by atoms with E-state index in [1.807, 2.05) is 31.2 Å². The summed E-state index contributed by atoms with van der Waals surface area (Å²) in [6.07, 6.45) is 3.67. The summed E-state index contributed by atoms with van der Waals surface area (Å²) in [7, 11) is 0. The van der Waals surface area contributed by atoms with Crippen molar-refractivity contribution >= 4 is 11.8 Å². The normalized spacial score (nSPS) is 21.1. The van der Waals surface area contributed by atoms with Crippen LogP contribution in [0, 0.1) is 6.92 Å². The summed E-state index contributed by atoms with van der Waals surface area (Å²) in [6.45, 7) is 5.81. The van der Waals surface area contributed by atoms with Crippen LogP contribution in [0.25, 0.3) is 11.3 Å². The number of hydrogen-bond donors (Lipinski definition) is 2. The monoisotopic (exact) mass is 314 g/mol. The van der Waals surface area contributed by atoms with Gasteiger partial charge in [0.15, 0.2) is 6.54 Å². The van der Waals surface area contributed by atoms with Crippen LogP contribution in [0.2, 0.25) is 0 Å². The number of nitrogens with one attached hydrogen (secondary N) is 2. The van der Waals surface area contributed by atoms with Gasteiger partial charge in [0.1, 0.15) is 5.69 Å². The van der Waals surface area contributed by atoms with Crippen LogP contribution < -0.4 is 10.2 Å². The van der Waals surface area contributed by atoms with E-state index in [9.17, 15) is 4.79 Å². The predicted molar refractivity (Wildman–Crippen MR) is 89.3 cm³/mol. The molecule has 5 nitrogen and oxygen atoms in total. The number of carbonyl (C=O) groups is 1. The largest absolute Gasteiger partial charge is 0.338 e. The molecule has 23 heavy (non-hydrogen) atoms. The summed E-state index contributed by atoms with van der Waals surface area (Å²) in [6, 6.07) is 10.4. The van der Waals surface area contributed by atoms with E-state index < -0.39 is 0 Å². The van der Waals surface area contributed by atoms with Gasteiger partial charge in [0.05, 0.1) is 12.6 Å². The molecule has 1 aromatic heterocycles. The number of amides is 1. The molecule has 1 aliphatic heterocycles. The number of carbonyl (C=O) groups excluding carboxylic acids is 1. The Bertz CT molecular complexity index is 663. The first-order chi connectivity index (χ1) is 11.1. The van der Waals surface area contributed by atoms with Gasteiger partial charge in [0.2, 0.25) is 5.88 Å². The lowest BCUT2D eigenvalue weighted by molar-refractivity contribution is -0.920. The highest BCUT2D eigenvalue weighted by atomic mass is 16.5. The lowest BCUT2D eigenvalue weighted by Crippen LogP contribution is -3.17. The number of aryl methyl sites for hydroxylation is 1. The predicted octanol–water partition coefficient (Wildman–Crippen LogP) is 2.05. The summed E-state index contributed by atoms with van der Waals surface area (Å²) < 4.78 is 5.24. The SMILES string of the molecule is Cc1ccc(-c2cc(NC(=O)C[NH+]3CCCC[C@@H]3C)on2)cc1. The van der Waals surface area contributed by atoms with Gasteiger partial charge < -0.3 is 9.42 Å². The molecular formula is C18H24N3O2+. The van der Waals surface area contributed by atoms with Gasteiger partial charge >= 0.3 is 0 Å². The molecule has 0 aliphatic carbocycles. The Morgan fingerprint density at radius 3 is 2.87 bits per heavy atom. The summed E-state index contributed by atoms with van der Waals surface area (Å²) in [4.78, 5) is 13.6. The van der Waals surface area contributed by atoms with Gasteiger partial charge in [0, 0.05) is 11.6 Å². The maximum atomic E-state index is 12.2. The van der Waals surface area contributed by atoms with Gasteiger partial charge in [0.25, 0.3) is 5.91 Å². The van der Waals surface area contributed by atoms with Gasteiger partial charge in [-0.3, -0.25) is 10.1 Å². The fourth-order valence-electron chi connectivity index (χ4n) is 3.10.